The Balaban J connectivity index is 1.73. The van der Waals surface area contributed by atoms with E-state index in [1.54, 1.807) is 0 Å². The number of esters is 2. The number of carbonyl (C=O) groups excluding carboxylic acids is 2. The summed E-state index contributed by atoms with van der Waals surface area (Å²) in [5, 5.41) is 0. The fourth-order valence-electron chi connectivity index (χ4n) is 3.46. The largest absolute Gasteiger partial charge is 0.463 e. The van der Waals surface area contributed by atoms with E-state index in [0.717, 1.165) is 43.2 Å². The summed E-state index contributed by atoms with van der Waals surface area (Å²) in [6, 6.07) is 7.93. The Bertz CT molecular complexity index is 920. The van der Waals surface area contributed by atoms with Gasteiger partial charge in [0, 0.05) is 18.6 Å². The summed E-state index contributed by atoms with van der Waals surface area (Å²) in [7, 11) is 0. The molecule has 0 saturated heterocycles. The second kappa shape index (κ2) is 15.5. The number of rotatable bonds is 15. The average Bonchev–Trinajstić information content (AvgIpc) is 2.82. The van der Waals surface area contributed by atoms with Crippen LogP contribution in [0.1, 0.15) is 70.8 Å². The first kappa shape index (κ1) is 27.0. The Morgan fingerprint density at radius 2 is 1.65 bits per heavy atom. The minimum Gasteiger partial charge on any atom is -0.463 e. The summed E-state index contributed by atoms with van der Waals surface area (Å²) in [4.78, 5) is 31.6. The number of nitrogens with zero attached hydrogens (tertiary/aromatic N) is 2. The van der Waals surface area contributed by atoms with Gasteiger partial charge >= 0.3 is 11.9 Å². The molecule has 0 fully saturated rings. The molecule has 0 aliphatic rings. The molecule has 6 nitrogen and oxygen atoms in total. The summed E-state index contributed by atoms with van der Waals surface area (Å²) in [5.74, 6) is 0.195. The van der Waals surface area contributed by atoms with Gasteiger partial charge in [-0.3, -0.25) is 4.79 Å². The van der Waals surface area contributed by atoms with Crippen LogP contribution in [0.4, 0.5) is 0 Å². The molecule has 0 spiro atoms. The van der Waals surface area contributed by atoms with Crippen molar-refractivity contribution in [1.29, 1.82) is 0 Å². The van der Waals surface area contributed by atoms with Gasteiger partial charge < -0.3 is 9.47 Å². The van der Waals surface area contributed by atoms with Crippen LogP contribution in [-0.2, 0) is 20.7 Å². The maximum Gasteiger partial charge on any atom is 0.335 e. The average molecular weight is 465 g/mol. The number of hydrogen-bond donors (Lipinski definition) is 0. The second-order valence-electron chi connectivity index (χ2n) is 8.36. The standard InChI is InChI=1S/C28H36N2O4/c1-4-5-6-7-8-9-10-11-12-13-27(32)34-26-20-29-28(30-21-26)25-18-16-24(17-19-25)15-14-22(2)33-23(3)31/h4,12-13,16-22H,1,5-11,14-15H2,2-3H3. The number of aryl methyl sites for hydroxylation is 1. The van der Waals surface area contributed by atoms with E-state index in [-0.39, 0.29) is 12.1 Å². The van der Waals surface area contributed by atoms with Gasteiger partial charge in [0.25, 0.3) is 0 Å². The van der Waals surface area contributed by atoms with Gasteiger partial charge in [0.05, 0.1) is 18.5 Å². The Morgan fingerprint density at radius 3 is 2.29 bits per heavy atom. The third-order valence-electron chi connectivity index (χ3n) is 5.30. The van der Waals surface area contributed by atoms with Crippen molar-refractivity contribution in [1.82, 2.24) is 9.97 Å². The lowest BCUT2D eigenvalue weighted by Crippen LogP contribution is -2.12. The molecule has 0 radical (unpaired) electrons. The fourth-order valence-corrected chi connectivity index (χ4v) is 3.46. The van der Waals surface area contributed by atoms with Crippen LogP contribution in [0.25, 0.3) is 11.4 Å². The van der Waals surface area contributed by atoms with Crippen molar-refractivity contribution in [2.75, 3.05) is 0 Å². The smallest absolute Gasteiger partial charge is 0.335 e. The molecule has 1 aromatic carbocycles. The number of carbonyl (C=O) groups is 2. The molecule has 1 atom stereocenters. The van der Waals surface area contributed by atoms with Crippen molar-refractivity contribution in [3.05, 3.63) is 67.0 Å². The van der Waals surface area contributed by atoms with Crippen molar-refractivity contribution in [2.45, 2.75) is 77.7 Å². The van der Waals surface area contributed by atoms with Gasteiger partial charge in [-0.1, -0.05) is 55.7 Å². The van der Waals surface area contributed by atoms with Crippen LogP contribution in [0, 0.1) is 0 Å². The van der Waals surface area contributed by atoms with Crippen LogP contribution < -0.4 is 4.74 Å². The molecule has 1 heterocycles. The van der Waals surface area contributed by atoms with E-state index in [1.165, 1.54) is 51.1 Å². The molecule has 0 amide bonds. The molecule has 0 aliphatic heterocycles. The number of allylic oxidation sites excluding steroid dienone is 2. The Labute approximate surface area is 203 Å². The minimum atomic E-state index is -0.422. The van der Waals surface area contributed by atoms with Gasteiger partial charge in [-0.15, -0.1) is 6.58 Å². The molecule has 0 saturated carbocycles. The number of unbranched alkanes of at least 4 members (excludes halogenated alkanes) is 6. The highest BCUT2D eigenvalue weighted by molar-refractivity contribution is 5.83. The molecule has 34 heavy (non-hydrogen) atoms. The lowest BCUT2D eigenvalue weighted by Gasteiger charge is -2.11. The fraction of sp³-hybridized carbons (Fsp3) is 0.429. The van der Waals surface area contributed by atoms with Crippen LogP contribution in [0.5, 0.6) is 5.75 Å². The second-order valence-corrected chi connectivity index (χ2v) is 8.36. The Hall–Kier alpha value is -3.28. The highest BCUT2D eigenvalue weighted by Gasteiger charge is 2.08. The molecule has 1 unspecified atom stereocenters. The van der Waals surface area contributed by atoms with Crippen molar-refractivity contribution in [3.63, 3.8) is 0 Å². The van der Waals surface area contributed by atoms with Crippen LogP contribution in [0.2, 0.25) is 0 Å². The van der Waals surface area contributed by atoms with Crippen LogP contribution in [-0.4, -0.2) is 28.0 Å². The summed E-state index contributed by atoms with van der Waals surface area (Å²) in [6.45, 7) is 7.04. The van der Waals surface area contributed by atoms with Gasteiger partial charge in [0.2, 0.25) is 0 Å². The van der Waals surface area contributed by atoms with E-state index in [9.17, 15) is 9.59 Å². The van der Waals surface area contributed by atoms with Crippen molar-refractivity contribution in [2.24, 2.45) is 0 Å². The zero-order chi connectivity index (χ0) is 24.6. The molecule has 2 rings (SSSR count). The van der Waals surface area contributed by atoms with Crippen LogP contribution >= 0.6 is 0 Å². The monoisotopic (exact) mass is 464 g/mol. The normalized spacial score (nSPS) is 11.8. The van der Waals surface area contributed by atoms with Crippen molar-refractivity contribution < 1.29 is 19.1 Å². The number of ether oxygens (including phenoxy) is 2. The molecule has 182 valence electrons. The third kappa shape index (κ3) is 11.0. The van der Waals surface area contributed by atoms with Crippen molar-refractivity contribution in [3.8, 4) is 17.1 Å². The van der Waals surface area contributed by atoms with Gasteiger partial charge in [-0.05, 0) is 51.0 Å². The minimum absolute atomic E-state index is 0.108. The molecular formula is C28H36N2O4. The van der Waals surface area contributed by atoms with E-state index in [4.69, 9.17) is 9.47 Å². The Morgan fingerprint density at radius 1 is 1.00 bits per heavy atom. The first-order valence-electron chi connectivity index (χ1n) is 12.1. The van der Waals surface area contributed by atoms with E-state index in [2.05, 4.69) is 16.5 Å². The number of aromatic nitrogens is 2. The van der Waals surface area contributed by atoms with Crippen LogP contribution in [0.15, 0.2) is 61.5 Å². The SMILES string of the molecule is C=CCCCCCCCC=CC(=O)Oc1cnc(-c2ccc(CCC(C)OC(C)=O)cc2)nc1. The van der Waals surface area contributed by atoms with E-state index < -0.39 is 5.97 Å². The highest BCUT2D eigenvalue weighted by Crippen LogP contribution is 2.19. The first-order chi connectivity index (χ1) is 16.5. The van der Waals surface area contributed by atoms with Gasteiger partial charge in [-0.2, -0.15) is 0 Å². The summed E-state index contributed by atoms with van der Waals surface area (Å²) >= 11 is 0. The van der Waals surface area contributed by atoms with Gasteiger partial charge in [0.15, 0.2) is 11.6 Å². The number of hydrogen-bond acceptors (Lipinski definition) is 6. The molecule has 0 aliphatic carbocycles. The Kier molecular flexibility index (Phi) is 12.3. The lowest BCUT2D eigenvalue weighted by molar-refractivity contribution is -0.145. The zero-order valence-electron chi connectivity index (χ0n) is 20.4. The number of benzene rings is 1. The van der Waals surface area contributed by atoms with Gasteiger partial charge in [-0.25, -0.2) is 14.8 Å². The molecular weight excluding hydrogens is 428 g/mol. The summed E-state index contributed by atoms with van der Waals surface area (Å²) in [5.41, 5.74) is 2.02. The quantitative estimate of drug-likeness (QED) is 0.131. The van der Waals surface area contributed by atoms with E-state index in [0.29, 0.717) is 11.6 Å². The maximum absolute atomic E-state index is 12.0. The molecule has 1 aromatic heterocycles. The highest BCUT2D eigenvalue weighted by atomic mass is 16.5. The molecule has 6 heteroatoms. The molecule has 2 aromatic rings. The summed E-state index contributed by atoms with van der Waals surface area (Å²) in [6.07, 6.45) is 17.6. The molecule has 0 N–H and O–H groups in total. The predicted molar refractivity (Wildman–Crippen MR) is 134 cm³/mol. The van der Waals surface area contributed by atoms with Crippen molar-refractivity contribution >= 4 is 11.9 Å². The molecule has 0 bridgehead atoms. The van der Waals surface area contributed by atoms with E-state index in [1.807, 2.05) is 43.3 Å². The lowest BCUT2D eigenvalue weighted by atomic mass is 10.1. The summed E-state index contributed by atoms with van der Waals surface area (Å²) < 4.78 is 10.4. The topological polar surface area (TPSA) is 78.4 Å². The predicted octanol–water partition coefficient (Wildman–Crippen LogP) is 6.41. The zero-order valence-corrected chi connectivity index (χ0v) is 20.4. The van der Waals surface area contributed by atoms with E-state index >= 15 is 0 Å². The maximum atomic E-state index is 12.0. The first-order valence-corrected chi connectivity index (χ1v) is 12.1. The van der Waals surface area contributed by atoms with Crippen LogP contribution in [0.3, 0.4) is 0 Å². The van der Waals surface area contributed by atoms with Gasteiger partial charge in [0.1, 0.15) is 0 Å². The third-order valence-corrected chi connectivity index (χ3v) is 5.30.